The summed E-state index contributed by atoms with van der Waals surface area (Å²) in [5.74, 6) is 0. The first kappa shape index (κ1) is 16.0. The molecule has 0 aliphatic rings. The van der Waals surface area contributed by atoms with E-state index in [-0.39, 0.29) is 6.61 Å². The number of aliphatic hydroxyl groups excluding tert-OH is 1. The van der Waals surface area contributed by atoms with Gasteiger partial charge in [-0.25, -0.2) is 8.78 Å². The van der Waals surface area contributed by atoms with Crippen molar-refractivity contribution in [1.82, 2.24) is 9.78 Å². The average Bonchev–Trinajstić information content (AvgIpc) is 2.82. The zero-order valence-electron chi connectivity index (χ0n) is 11.4. The number of halogens is 2. The van der Waals surface area contributed by atoms with Crippen molar-refractivity contribution in [2.45, 2.75) is 51.7 Å². The van der Waals surface area contributed by atoms with Crippen LogP contribution >= 0.6 is 0 Å². The molecule has 0 aliphatic carbocycles. The maximum atomic E-state index is 11.8. The Balaban J connectivity index is 2.28. The van der Waals surface area contributed by atoms with E-state index < -0.39 is 19.1 Å². The van der Waals surface area contributed by atoms with E-state index in [1.165, 1.54) is 0 Å². The second kappa shape index (κ2) is 8.22. The second-order valence-electron chi connectivity index (χ2n) is 4.66. The van der Waals surface area contributed by atoms with Crippen LogP contribution in [0.25, 0.3) is 0 Å². The summed E-state index contributed by atoms with van der Waals surface area (Å²) in [6, 6.07) is 2.20. The van der Waals surface area contributed by atoms with Crippen molar-refractivity contribution in [2.75, 3.05) is 13.2 Å². The van der Waals surface area contributed by atoms with E-state index in [4.69, 9.17) is 4.74 Å². The number of hydrogen-bond acceptors (Lipinski definition) is 3. The summed E-state index contributed by atoms with van der Waals surface area (Å²) in [6.07, 6.45) is 0.570. The van der Waals surface area contributed by atoms with Gasteiger partial charge in [0.1, 0.15) is 6.61 Å². The van der Waals surface area contributed by atoms with Gasteiger partial charge < -0.3 is 9.84 Å². The first-order valence-corrected chi connectivity index (χ1v) is 6.61. The number of aliphatic hydroxyl groups is 1. The van der Waals surface area contributed by atoms with Crippen LogP contribution in [-0.2, 0) is 11.2 Å². The molecule has 110 valence electrons. The van der Waals surface area contributed by atoms with Crippen LogP contribution < -0.4 is 0 Å². The highest BCUT2D eigenvalue weighted by Gasteiger charge is 2.10. The fourth-order valence-corrected chi connectivity index (χ4v) is 1.65. The Morgan fingerprint density at radius 1 is 1.47 bits per heavy atom. The zero-order valence-corrected chi connectivity index (χ0v) is 11.4. The van der Waals surface area contributed by atoms with Crippen molar-refractivity contribution in [3.63, 3.8) is 0 Å². The van der Waals surface area contributed by atoms with Crippen molar-refractivity contribution in [1.29, 1.82) is 0 Å². The smallest absolute Gasteiger partial charge is 0.261 e. The molecule has 0 radical (unpaired) electrons. The van der Waals surface area contributed by atoms with Gasteiger partial charge in [-0.05, 0) is 25.8 Å². The maximum absolute atomic E-state index is 11.8. The van der Waals surface area contributed by atoms with Crippen LogP contribution in [0.5, 0.6) is 0 Å². The lowest BCUT2D eigenvalue weighted by Crippen LogP contribution is -2.16. The molecule has 0 bridgehead atoms. The summed E-state index contributed by atoms with van der Waals surface area (Å²) in [5.41, 5.74) is 0.807. The van der Waals surface area contributed by atoms with Gasteiger partial charge in [0.15, 0.2) is 0 Å². The van der Waals surface area contributed by atoms with Crippen LogP contribution in [0.2, 0.25) is 0 Å². The molecule has 19 heavy (non-hydrogen) atoms. The van der Waals surface area contributed by atoms with Crippen LogP contribution in [0.4, 0.5) is 8.78 Å². The fourth-order valence-electron chi connectivity index (χ4n) is 1.65. The van der Waals surface area contributed by atoms with E-state index in [1.807, 2.05) is 16.9 Å². The highest BCUT2D eigenvalue weighted by atomic mass is 19.3. The topological polar surface area (TPSA) is 47.3 Å². The summed E-state index contributed by atoms with van der Waals surface area (Å²) < 4.78 is 30.2. The van der Waals surface area contributed by atoms with Crippen LogP contribution in [-0.4, -0.2) is 40.6 Å². The van der Waals surface area contributed by atoms with Gasteiger partial charge >= 0.3 is 0 Å². The number of aromatic nitrogens is 2. The standard InChI is InChI=1S/C13H22F2N2O2/c1-3-10(2)17-6-4-11(16-17)8-12(18)5-7-19-9-13(14)15/h4,6,10,12-13,18H,3,5,7-9H2,1-2H3. The van der Waals surface area contributed by atoms with Crippen molar-refractivity contribution in [3.05, 3.63) is 18.0 Å². The largest absolute Gasteiger partial charge is 0.393 e. The van der Waals surface area contributed by atoms with Gasteiger partial charge in [-0.2, -0.15) is 5.10 Å². The molecule has 1 aromatic rings. The van der Waals surface area contributed by atoms with E-state index in [0.29, 0.717) is 18.9 Å². The molecule has 0 aliphatic heterocycles. The normalized spacial score (nSPS) is 14.8. The molecule has 0 fully saturated rings. The zero-order chi connectivity index (χ0) is 14.3. The Morgan fingerprint density at radius 2 is 2.21 bits per heavy atom. The van der Waals surface area contributed by atoms with Crippen molar-refractivity contribution in [3.8, 4) is 0 Å². The molecule has 1 aromatic heterocycles. The van der Waals surface area contributed by atoms with Crippen molar-refractivity contribution in [2.24, 2.45) is 0 Å². The second-order valence-corrected chi connectivity index (χ2v) is 4.66. The first-order valence-electron chi connectivity index (χ1n) is 6.61. The molecule has 1 heterocycles. The van der Waals surface area contributed by atoms with E-state index in [1.54, 1.807) is 0 Å². The Kier molecular flexibility index (Phi) is 6.94. The molecule has 4 nitrogen and oxygen atoms in total. The van der Waals surface area contributed by atoms with E-state index in [2.05, 4.69) is 18.9 Å². The number of nitrogens with zero attached hydrogens (tertiary/aromatic N) is 2. The van der Waals surface area contributed by atoms with Gasteiger partial charge in [-0.15, -0.1) is 0 Å². The molecular formula is C13H22F2N2O2. The monoisotopic (exact) mass is 276 g/mol. The predicted octanol–water partition coefficient (Wildman–Crippen LogP) is 2.43. The molecular weight excluding hydrogens is 254 g/mol. The number of alkyl halides is 2. The molecule has 0 amide bonds. The SMILES string of the molecule is CCC(C)n1ccc(CC(O)CCOCC(F)F)n1. The van der Waals surface area contributed by atoms with Crippen LogP contribution in [0.1, 0.15) is 38.4 Å². The molecule has 0 saturated heterocycles. The number of hydrogen-bond donors (Lipinski definition) is 1. The summed E-state index contributed by atoms with van der Waals surface area (Å²) in [4.78, 5) is 0. The van der Waals surface area contributed by atoms with Crippen LogP contribution in [0.15, 0.2) is 12.3 Å². The Morgan fingerprint density at radius 3 is 2.84 bits per heavy atom. The number of ether oxygens (including phenoxy) is 1. The van der Waals surface area contributed by atoms with Gasteiger partial charge in [-0.3, -0.25) is 4.68 Å². The van der Waals surface area contributed by atoms with Gasteiger partial charge in [0.25, 0.3) is 6.43 Å². The van der Waals surface area contributed by atoms with Crippen molar-refractivity contribution < 1.29 is 18.6 Å². The highest BCUT2D eigenvalue weighted by Crippen LogP contribution is 2.11. The summed E-state index contributed by atoms with van der Waals surface area (Å²) >= 11 is 0. The third kappa shape index (κ3) is 6.11. The van der Waals surface area contributed by atoms with E-state index in [9.17, 15) is 13.9 Å². The van der Waals surface area contributed by atoms with Crippen LogP contribution in [0.3, 0.4) is 0 Å². The van der Waals surface area contributed by atoms with Gasteiger partial charge in [0, 0.05) is 25.3 Å². The minimum Gasteiger partial charge on any atom is -0.393 e. The molecule has 1 rings (SSSR count). The first-order chi connectivity index (χ1) is 9.02. The highest BCUT2D eigenvalue weighted by molar-refractivity contribution is 5.01. The molecule has 2 atom stereocenters. The Bertz CT molecular complexity index is 358. The van der Waals surface area contributed by atoms with E-state index >= 15 is 0 Å². The number of rotatable bonds is 9. The molecule has 1 N–H and O–H groups in total. The maximum Gasteiger partial charge on any atom is 0.261 e. The lowest BCUT2D eigenvalue weighted by atomic mass is 10.1. The lowest BCUT2D eigenvalue weighted by Gasteiger charge is -2.10. The van der Waals surface area contributed by atoms with Gasteiger partial charge in [-0.1, -0.05) is 6.92 Å². The molecule has 6 heteroatoms. The van der Waals surface area contributed by atoms with Crippen molar-refractivity contribution >= 4 is 0 Å². The minimum atomic E-state index is -2.46. The third-order valence-corrected chi connectivity index (χ3v) is 2.99. The average molecular weight is 276 g/mol. The van der Waals surface area contributed by atoms with Gasteiger partial charge in [0.05, 0.1) is 11.8 Å². The Labute approximate surface area is 112 Å². The lowest BCUT2D eigenvalue weighted by molar-refractivity contribution is 0.00502. The molecule has 2 unspecified atom stereocenters. The third-order valence-electron chi connectivity index (χ3n) is 2.99. The summed E-state index contributed by atoms with van der Waals surface area (Å²) in [7, 11) is 0. The van der Waals surface area contributed by atoms with Crippen LogP contribution in [0, 0.1) is 0 Å². The molecule has 0 saturated carbocycles. The summed E-state index contributed by atoms with van der Waals surface area (Å²) in [5, 5.41) is 14.1. The van der Waals surface area contributed by atoms with Gasteiger partial charge in [0.2, 0.25) is 0 Å². The minimum absolute atomic E-state index is 0.136. The molecule has 0 aromatic carbocycles. The summed E-state index contributed by atoms with van der Waals surface area (Å²) in [6.45, 7) is 3.72. The quantitative estimate of drug-likeness (QED) is 0.705. The Hall–Kier alpha value is -1.01. The molecule has 0 spiro atoms. The van der Waals surface area contributed by atoms with E-state index in [0.717, 1.165) is 12.1 Å². The fraction of sp³-hybridized carbons (Fsp3) is 0.769. The predicted molar refractivity (Wildman–Crippen MR) is 68.4 cm³/mol.